The Kier molecular flexibility index (Phi) is 6.14. The first kappa shape index (κ1) is 21.6. The summed E-state index contributed by atoms with van der Waals surface area (Å²) in [5, 5.41) is 3.05. The third kappa shape index (κ3) is 4.51. The van der Waals surface area contributed by atoms with Gasteiger partial charge in [-0.1, -0.05) is 26.0 Å². The van der Waals surface area contributed by atoms with Gasteiger partial charge in [0.1, 0.15) is 11.4 Å². The van der Waals surface area contributed by atoms with Crippen molar-refractivity contribution in [3.05, 3.63) is 59.8 Å². The van der Waals surface area contributed by atoms with Crippen LogP contribution < -0.4 is 5.32 Å². The monoisotopic (exact) mass is 427 g/mol. The van der Waals surface area contributed by atoms with E-state index < -0.39 is 5.54 Å². The summed E-state index contributed by atoms with van der Waals surface area (Å²) in [6.45, 7) is 6.82. The highest BCUT2D eigenvalue weighted by Gasteiger charge is 2.55. The Labute approximate surface area is 182 Å². The molecule has 2 fully saturated rings. The Morgan fingerprint density at radius 2 is 1.97 bits per heavy atom. The summed E-state index contributed by atoms with van der Waals surface area (Å²) >= 11 is 0. The molecule has 1 atom stereocenters. The molecule has 1 aromatic heterocycles. The Hall–Kier alpha value is -2.67. The number of carbonyl (C=O) groups excluding carboxylic acids is 2. The number of nitrogens with zero attached hydrogens (tertiary/aromatic N) is 2. The number of piperidine rings is 1. The summed E-state index contributed by atoms with van der Waals surface area (Å²) in [6.07, 6.45) is 5.30. The number of carbonyl (C=O) groups is 2. The van der Waals surface area contributed by atoms with Crippen molar-refractivity contribution in [2.45, 2.75) is 45.2 Å². The number of hydrogen-bond acceptors (Lipinski definition) is 4. The molecular weight excluding hydrogens is 397 g/mol. The number of likely N-dealkylation sites (tertiary alicyclic amines) is 1. The number of rotatable bonds is 7. The zero-order valence-corrected chi connectivity index (χ0v) is 18.1. The van der Waals surface area contributed by atoms with Crippen LogP contribution in [0.15, 0.2) is 47.3 Å². The average molecular weight is 428 g/mol. The molecule has 1 N–H and O–H groups in total. The molecule has 166 valence electrons. The first-order valence-corrected chi connectivity index (χ1v) is 11.0. The van der Waals surface area contributed by atoms with E-state index in [0.29, 0.717) is 13.0 Å². The zero-order chi connectivity index (χ0) is 22.0. The third-order valence-corrected chi connectivity index (χ3v) is 6.39. The molecule has 2 aromatic rings. The molecule has 31 heavy (non-hydrogen) atoms. The van der Waals surface area contributed by atoms with Crippen molar-refractivity contribution in [1.82, 2.24) is 15.1 Å². The molecule has 6 nitrogen and oxygen atoms in total. The van der Waals surface area contributed by atoms with Crippen LogP contribution in [-0.2, 0) is 17.8 Å². The van der Waals surface area contributed by atoms with Crippen LogP contribution in [0.5, 0.6) is 0 Å². The fourth-order valence-corrected chi connectivity index (χ4v) is 4.91. The van der Waals surface area contributed by atoms with Crippen LogP contribution in [-0.4, -0.2) is 46.9 Å². The lowest BCUT2D eigenvalue weighted by molar-refractivity contribution is -0.134. The molecule has 0 unspecified atom stereocenters. The van der Waals surface area contributed by atoms with Crippen LogP contribution in [0, 0.1) is 17.7 Å². The number of imide groups is 1. The van der Waals surface area contributed by atoms with E-state index in [1.54, 1.807) is 18.6 Å². The standard InChI is InChI=1S/C24H30FN3O3/c1-17(2)14-28-22(29)24(26-23(28)30,13-18-4-3-5-21(25)12-18)20-6-9-27(10-7-20)15-19-8-11-31-16-19/h3-5,8,11-12,16-17,20H,6-7,9-10,13-15H2,1-2H3,(H,26,30)/t24-/m0/s1. The van der Waals surface area contributed by atoms with E-state index >= 15 is 0 Å². The van der Waals surface area contributed by atoms with Crippen molar-refractivity contribution in [3.63, 3.8) is 0 Å². The number of halogens is 1. The molecule has 2 aliphatic rings. The number of benzene rings is 1. The normalized spacial score (nSPS) is 23.0. The van der Waals surface area contributed by atoms with Crippen LogP contribution in [0.25, 0.3) is 0 Å². The van der Waals surface area contributed by atoms with Crippen LogP contribution >= 0.6 is 0 Å². The molecule has 0 spiro atoms. The second kappa shape index (κ2) is 8.83. The van der Waals surface area contributed by atoms with Crippen molar-refractivity contribution in [2.75, 3.05) is 19.6 Å². The maximum absolute atomic E-state index is 13.9. The summed E-state index contributed by atoms with van der Waals surface area (Å²) in [4.78, 5) is 30.1. The second-order valence-electron chi connectivity index (χ2n) is 9.20. The van der Waals surface area contributed by atoms with Crippen molar-refractivity contribution in [2.24, 2.45) is 11.8 Å². The number of furan rings is 1. The maximum atomic E-state index is 13.9. The van der Waals surface area contributed by atoms with Gasteiger partial charge in [-0.2, -0.15) is 0 Å². The quantitative estimate of drug-likeness (QED) is 0.683. The molecule has 1 aromatic carbocycles. The van der Waals surface area contributed by atoms with Crippen LogP contribution in [0.3, 0.4) is 0 Å². The largest absolute Gasteiger partial charge is 0.472 e. The molecule has 3 heterocycles. The first-order chi connectivity index (χ1) is 14.9. The average Bonchev–Trinajstić information content (AvgIpc) is 3.31. The lowest BCUT2D eigenvalue weighted by Gasteiger charge is -2.41. The van der Waals surface area contributed by atoms with E-state index in [2.05, 4.69) is 10.2 Å². The lowest BCUT2D eigenvalue weighted by Crippen LogP contribution is -2.57. The van der Waals surface area contributed by atoms with Crippen molar-refractivity contribution < 1.29 is 18.4 Å². The predicted octanol–water partition coefficient (Wildman–Crippen LogP) is 3.82. The van der Waals surface area contributed by atoms with Crippen LogP contribution in [0.1, 0.15) is 37.8 Å². The van der Waals surface area contributed by atoms with Gasteiger partial charge in [-0.25, -0.2) is 9.18 Å². The maximum Gasteiger partial charge on any atom is 0.325 e. The Balaban J connectivity index is 1.56. The minimum Gasteiger partial charge on any atom is -0.472 e. The molecule has 0 saturated carbocycles. The van der Waals surface area contributed by atoms with Gasteiger partial charge in [-0.15, -0.1) is 0 Å². The number of hydrogen-bond donors (Lipinski definition) is 1. The zero-order valence-electron chi connectivity index (χ0n) is 18.1. The fraction of sp³-hybridized carbons (Fsp3) is 0.500. The lowest BCUT2D eigenvalue weighted by atomic mass is 9.73. The van der Waals surface area contributed by atoms with Gasteiger partial charge in [0, 0.05) is 25.1 Å². The Morgan fingerprint density at radius 1 is 1.19 bits per heavy atom. The molecule has 7 heteroatoms. The minimum atomic E-state index is -1.03. The van der Waals surface area contributed by atoms with Crippen molar-refractivity contribution >= 4 is 11.9 Å². The molecule has 4 rings (SSSR count). The highest BCUT2D eigenvalue weighted by atomic mass is 19.1. The van der Waals surface area contributed by atoms with Gasteiger partial charge in [0.2, 0.25) is 0 Å². The van der Waals surface area contributed by atoms with Gasteiger partial charge in [-0.05, 0) is 61.5 Å². The van der Waals surface area contributed by atoms with E-state index in [-0.39, 0.29) is 29.6 Å². The van der Waals surface area contributed by atoms with Gasteiger partial charge >= 0.3 is 6.03 Å². The van der Waals surface area contributed by atoms with Crippen molar-refractivity contribution in [3.8, 4) is 0 Å². The molecule has 0 radical (unpaired) electrons. The highest BCUT2D eigenvalue weighted by molar-refractivity contribution is 6.07. The van der Waals surface area contributed by atoms with E-state index in [1.165, 1.54) is 17.0 Å². The van der Waals surface area contributed by atoms with Gasteiger partial charge in [0.25, 0.3) is 5.91 Å². The van der Waals surface area contributed by atoms with Crippen molar-refractivity contribution in [1.29, 1.82) is 0 Å². The van der Waals surface area contributed by atoms with Gasteiger partial charge in [0.05, 0.1) is 12.5 Å². The molecular formula is C24H30FN3O3. The van der Waals surface area contributed by atoms with Gasteiger partial charge in [-0.3, -0.25) is 14.6 Å². The van der Waals surface area contributed by atoms with E-state index in [0.717, 1.165) is 43.6 Å². The molecule has 0 bridgehead atoms. The van der Waals surface area contributed by atoms with E-state index in [1.807, 2.05) is 26.0 Å². The molecule has 2 aliphatic heterocycles. The minimum absolute atomic E-state index is 0.00928. The Bertz CT molecular complexity index is 922. The SMILES string of the molecule is CC(C)CN1C(=O)N[C@@](Cc2cccc(F)c2)(C2CCN(Cc3ccoc3)CC2)C1=O. The summed E-state index contributed by atoms with van der Waals surface area (Å²) in [5.74, 6) is -0.344. The summed E-state index contributed by atoms with van der Waals surface area (Å²) < 4.78 is 19.0. The van der Waals surface area contributed by atoms with E-state index in [4.69, 9.17) is 4.42 Å². The summed E-state index contributed by atoms with van der Waals surface area (Å²) in [6, 6.07) is 7.95. The van der Waals surface area contributed by atoms with E-state index in [9.17, 15) is 14.0 Å². The van der Waals surface area contributed by atoms with Crippen LogP contribution in [0.4, 0.5) is 9.18 Å². The molecule has 3 amide bonds. The summed E-state index contributed by atoms with van der Waals surface area (Å²) in [5.41, 5.74) is 0.823. The third-order valence-electron chi connectivity index (χ3n) is 6.39. The fourth-order valence-electron chi connectivity index (χ4n) is 4.91. The number of urea groups is 1. The van der Waals surface area contributed by atoms with Gasteiger partial charge in [0.15, 0.2) is 0 Å². The number of amides is 3. The smallest absolute Gasteiger partial charge is 0.325 e. The van der Waals surface area contributed by atoms with Crippen LogP contribution in [0.2, 0.25) is 0 Å². The molecule has 0 aliphatic carbocycles. The highest BCUT2D eigenvalue weighted by Crippen LogP contribution is 2.37. The Morgan fingerprint density at radius 3 is 2.61 bits per heavy atom. The predicted molar refractivity (Wildman–Crippen MR) is 115 cm³/mol. The number of nitrogens with one attached hydrogen (secondary N) is 1. The van der Waals surface area contributed by atoms with Gasteiger partial charge < -0.3 is 9.73 Å². The molecule has 2 saturated heterocycles. The summed E-state index contributed by atoms with van der Waals surface area (Å²) in [7, 11) is 0. The second-order valence-corrected chi connectivity index (χ2v) is 9.20. The topological polar surface area (TPSA) is 65.8 Å². The first-order valence-electron chi connectivity index (χ1n) is 11.0.